The Hall–Kier alpha value is -3.37. The maximum atomic E-state index is 12.7. The number of anilines is 2. The summed E-state index contributed by atoms with van der Waals surface area (Å²) in [6.45, 7) is 0.793. The molecule has 0 unspecified atom stereocenters. The molecular weight excluding hydrogens is 426 g/mol. The van der Waals surface area contributed by atoms with Gasteiger partial charge in [0.05, 0.1) is 10.5 Å². The largest absolute Gasteiger partial charge is 0.486 e. The number of amides is 1. The first-order valence-electron chi connectivity index (χ1n) is 8.94. The first kappa shape index (κ1) is 19.9. The number of carbonyl (C=O) groups is 1. The van der Waals surface area contributed by atoms with Crippen LogP contribution in [0.15, 0.2) is 65.7 Å². The molecule has 0 bridgehead atoms. The van der Waals surface area contributed by atoms with Gasteiger partial charge in [0.2, 0.25) is 0 Å². The van der Waals surface area contributed by atoms with Crippen LogP contribution in [0.4, 0.5) is 11.4 Å². The Morgan fingerprint density at radius 2 is 1.67 bits per heavy atom. The molecule has 10 heteroatoms. The molecule has 154 valence electrons. The summed E-state index contributed by atoms with van der Waals surface area (Å²) < 4.78 is 39.0. The Kier molecular flexibility index (Phi) is 5.42. The predicted octanol–water partition coefficient (Wildman–Crippen LogP) is 3.57. The molecule has 30 heavy (non-hydrogen) atoms. The lowest BCUT2D eigenvalue weighted by atomic mass is 10.2. The van der Waals surface area contributed by atoms with Crippen LogP contribution in [-0.2, 0) is 10.0 Å². The third-order valence-corrected chi connectivity index (χ3v) is 6.00. The van der Waals surface area contributed by atoms with Crippen LogP contribution in [-0.4, -0.2) is 32.5 Å². The summed E-state index contributed by atoms with van der Waals surface area (Å²) in [7, 11) is -3.82. The van der Waals surface area contributed by atoms with Crippen LogP contribution < -0.4 is 19.5 Å². The molecule has 4 rings (SSSR count). The molecule has 0 spiro atoms. The van der Waals surface area contributed by atoms with Gasteiger partial charge >= 0.3 is 0 Å². The molecule has 1 aliphatic heterocycles. The fraction of sp³-hybridized carbons (Fsp3) is 0.100. The molecule has 3 N–H and O–H groups in total. The van der Waals surface area contributed by atoms with Crippen LogP contribution >= 0.6 is 12.2 Å². The van der Waals surface area contributed by atoms with E-state index in [0.717, 1.165) is 0 Å². The van der Waals surface area contributed by atoms with Crippen molar-refractivity contribution in [2.45, 2.75) is 4.90 Å². The second-order valence-corrected chi connectivity index (χ2v) is 8.45. The van der Waals surface area contributed by atoms with E-state index in [2.05, 4.69) is 15.0 Å². The van der Waals surface area contributed by atoms with Crippen LogP contribution in [0, 0.1) is 4.64 Å². The van der Waals surface area contributed by atoms with Crippen LogP contribution in [0.3, 0.4) is 0 Å². The molecule has 0 saturated heterocycles. The Morgan fingerprint density at radius 3 is 2.40 bits per heavy atom. The summed E-state index contributed by atoms with van der Waals surface area (Å²) in [5, 5.41) is 2.72. The van der Waals surface area contributed by atoms with Crippen molar-refractivity contribution >= 4 is 39.5 Å². The number of aromatic nitrogens is 1. The quantitative estimate of drug-likeness (QED) is 0.520. The summed E-state index contributed by atoms with van der Waals surface area (Å²) in [4.78, 5) is 15.2. The maximum absolute atomic E-state index is 12.7. The number of hydrogen-bond acceptors (Lipinski definition) is 6. The van der Waals surface area contributed by atoms with E-state index in [1.54, 1.807) is 48.7 Å². The highest BCUT2D eigenvalue weighted by atomic mass is 32.2. The second-order valence-electron chi connectivity index (χ2n) is 6.36. The van der Waals surface area contributed by atoms with Crippen molar-refractivity contribution in [1.82, 2.24) is 4.98 Å². The number of pyridine rings is 1. The summed E-state index contributed by atoms with van der Waals surface area (Å²) in [6.07, 6.45) is 1.64. The highest BCUT2D eigenvalue weighted by molar-refractivity contribution is 7.92. The van der Waals surface area contributed by atoms with Gasteiger partial charge in [-0.3, -0.25) is 9.52 Å². The van der Waals surface area contributed by atoms with Gasteiger partial charge in [-0.05, 0) is 48.5 Å². The summed E-state index contributed by atoms with van der Waals surface area (Å²) in [6, 6.07) is 14.0. The van der Waals surface area contributed by atoms with E-state index in [1.165, 1.54) is 12.1 Å². The number of fused-ring (bicyclic) bond motifs is 1. The van der Waals surface area contributed by atoms with Gasteiger partial charge in [0.15, 0.2) is 11.5 Å². The Bertz CT molecular complexity index is 1250. The highest BCUT2D eigenvalue weighted by Crippen LogP contribution is 2.32. The van der Waals surface area contributed by atoms with Gasteiger partial charge in [-0.1, -0.05) is 12.2 Å². The van der Waals surface area contributed by atoms with Gasteiger partial charge in [-0.25, -0.2) is 8.42 Å². The molecule has 0 radical (unpaired) electrons. The monoisotopic (exact) mass is 443 g/mol. The standard InChI is InChI=1S/C20H17N3O5S2/c24-19(16-2-1-9-21-20(16)29)22-13-3-5-14(6-4-13)23-30(25,26)15-7-8-17-18(12-15)28-11-10-27-17/h1-9,12,23H,10-11H2,(H,21,29)(H,22,24). The van der Waals surface area contributed by atoms with Crippen molar-refractivity contribution in [2.24, 2.45) is 0 Å². The number of hydrogen-bond donors (Lipinski definition) is 3. The molecule has 0 aliphatic carbocycles. The molecule has 0 fully saturated rings. The lowest BCUT2D eigenvalue weighted by Crippen LogP contribution is -2.17. The Balaban J connectivity index is 1.47. The number of rotatable bonds is 5. The Labute approximate surface area is 177 Å². The van der Waals surface area contributed by atoms with Crippen molar-refractivity contribution < 1.29 is 22.7 Å². The van der Waals surface area contributed by atoms with E-state index in [0.29, 0.717) is 46.3 Å². The van der Waals surface area contributed by atoms with Crippen molar-refractivity contribution in [1.29, 1.82) is 0 Å². The molecule has 3 aromatic rings. The van der Waals surface area contributed by atoms with Gasteiger partial charge < -0.3 is 19.8 Å². The van der Waals surface area contributed by atoms with Crippen LogP contribution in [0.1, 0.15) is 10.4 Å². The molecule has 1 aromatic heterocycles. The maximum Gasteiger partial charge on any atom is 0.262 e. The highest BCUT2D eigenvalue weighted by Gasteiger charge is 2.19. The predicted molar refractivity (Wildman–Crippen MR) is 114 cm³/mol. The number of carbonyl (C=O) groups excluding carboxylic acids is 1. The first-order valence-corrected chi connectivity index (χ1v) is 10.8. The topological polar surface area (TPSA) is 110 Å². The Morgan fingerprint density at radius 1 is 0.967 bits per heavy atom. The second kappa shape index (κ2) is 8.17. The minimum absolute atomic E-state index is 0.0578. The lowest BCUT2D eigenvalue weighted by molar-refractivity contribution is 0.102. The van der Waals surface area contributed by atoms with E-state index in [-0.39, 0.29) is 10.8 Å². The summed E-state index contributed by atoms with van der Waals surface area (Å²) >= 11 is 5.10. The third kappa shape index (κ3) is 4.29. The van der Waals surface area contributed by atoms with E-state index >= 15 is 0 Å². The van der Waals surface area contributed by atoms with Crippen molar-refractivity contribution in [3.63, 3.8) is 0 Å². The fourth-order valence-electron chi connectivity index (χ4n) is 2.83. The van der Waals surface area contributed by atoms with Crippen LogP contribution in [0.2, 0.25) is 0 Å². The molecule has 0 atom stereocenters. The van der Waals surface area contributed by atoms with Crippen molar-refractivity contribution in [3.8, 4) is 11.5 Å². The molecule has 1 aliphatic rings. The number of ether oxygens (including phenoxy) is 2. The molecule has 2 aromatic carbocycles. The molecule has 1 amide bonds. The smallest absolute Gasteiger partial charge is 0.262 e. The molecule has 2 heterocycles. The van der Waals surface area contributed by atoms with Gasteiger partial charge in [0.25, 0.3) is 15.9 Å². The number of benzene rings is 2. The van der Waals surface area contributed by atoms with Gasteiger partial charge in [-0.15, -0.1) is 0 Å². The van der Waals surface area contributed by atoms with Crippen LogP contribution in [0.25, 0.3) is 0 Å². The average Bonchev–Trinajstić information content (AvgIpc) is 2.75. The zero-order valence-electron chi connectivity index (χ0n) is 15.5. The van der Waals surface area contributed by atoms with E-state index in [1.807, 2.05) is 0 Å². The van der Waals surface area contributed by atoms with E-state index in [9.17, 15) is 13.2 Å². The van der Waals surface area contributed by atoms with Crippen molar-refractivity contribution in [3.05, 3.63) is 71.0 Å². The van der Waals surface area contributed by atoms with E-state index < -0.39 is 10.0 Å². The van der Waals surface area contributed by atoms with Gasteiger partial charge in [0, 0.05) is 23.6 Å². The van der Waals surface area contributed by atoms with Crippen molar-refractivity contribution in [2.75, 3.05) is 23.3 Å². The summed E-state index contributed by atoms with van der Waals surface area (Å²) in [5.41, 5.74) is 1.19. The van der Waals surface area contributed by atoms with Gasteiger partial charge in [-0.2, -0.15) is 0 Å². The minimum Gasteiger partial charge on any atom is -0.486 e. The SMILES string of the molecule is O=C(Nc1ccc(NS(=O)(=O)c2ccc3c(c2)OCCO3)cc1)c1ccc[nH]c1=S. The number of sulfonamides is 1. The number of aromatic amines is 1. The molecule has 0 saturated carbocycles. The lowest BCUT2D eigenvalue weighted by Gasteiger charge is -2.19. The fourth-order valence-corrected chi connectivity index (χ4v) is 4.13. The minimum atomic E-state index is -3.82. The molecule has 8 nitrogen and oxygen atoms in total. The zero-order valence-corrected chi connectivity index (χ0v) is 17.2. The normalized spacial score (nSPS) is 12.8. The van der Waals surface area contributed by atoms with E-state index in [4.69, 9.17) is 21.7 Å². The third-order valence-electron chi connectivity index (χ3n) is 4.28. The molecular formula is C20H17N3O5S2. The first-order chi connectivity index (χ1) is 14.4. The van der Waals surface area contributed by atoms with Gasteiger partial charge in [0.1, 0.15) is 17.9 Å². The summed E-state index contributed by atoms with van der Waals surface area (Å²) in [5.74, 6) is 0.543. The average molecular weight is 444 g/mol. The zero-order chi connectivity index (χ0) is 21.1. The number of nitrogens with one attached hydrogen (secondary N) is 3. The van der Waals surface area contributed by atoms with Crippen LogP contribution in [0.5, 0.6) is 11.5 Å². The number of H-pyrrole nitrogens is 1.